The normalized spacial score (nSPS) is 11.6. The van der Waals surface area contributed by atoms with Gasteiger partial charge in [0.15, 0.2) is 0 Å². The standard InChI is InChI=1S/C18H19N3O3/c19-11-16(20)18(21)14-5-4-13-10-15(7-6-12(13)9-14)24-8-2-1-3-17(22)23/h4-7,9-10H,1-3,8,20-21H2,(H,22,23)/b18-16-. The van der Waals surface area contributed by atoms with Crippen LogP contribution < -0.4 is 16.2 Å². The third-order valence-electron chi connectivity index (χ3n) is 3.59. The van der Waals surface area contributed by atoms with Crippen molar-refractivity contribution >= 4 is 22.4 Å². The van der Waals surface area contributed by atoms with Gasteiger partial charge in [-0.1, -0.05) is 18.2 Å². The van der Waals surface area contributed by atoms with E-state index in [0.29, 0.717) is 25.0 Å². The molecule has 0 saturated carbocycles. The molecule has 0 aromatic heterocycles. The number of ether oxygens (including phenoxy) is 1. The predicted octanol–water partition coefficient (Wildman–Crippen LogP) is 2.58. The van der Waals surface area contributed by atoms with Crippen LogP contribution in [0.1, 0.15) is 24.8 Å². The highest BCUT2D eigenvalue weighted by atomic mass is 16.5. The smallest absolute Gasteiger partial charge is 0.303 e. The van der Waals surface area contributed by atoms with Crippen molar-refractivity contribution in [1.82, 2.24) is 0 Å². The van der Waals surface area contributed by atoms with E-state index in [-0.39, 0.29) is 17.8 Å². The average Bonchev–Trinajstić information content (AvgIpc) is 2.59. The average molecular weight is 325 g/mol. The quantitative estimate of drug-likeness (QED) is 0.531. The van der Waals surface area contributed by atoms with Gasteiger partial charge in [0.25, 0.3) is 0 Å². The van der Waals surface area contributed by atoms with Gasteiger partial charge in [0.1, 0.15) is 17.5 Å². The number of nitrogens with two attached hydrogens (primary N) is 2. The highest BCUT2D eigenvalue weighted by molar-refractivity contribution is 5.87. The molecule has 2 aromatic rings. The van der Waals surface area contributed by atoms with Crippen molar-refractivity contribution in [2.24, 2.45) is 11.5 Å². The summed E-state index contributed by atoms with van der Waals surface area (Å²) in [7, 11) is 0. The lowest BCUT2D eigenvalue weighted by atomic mass is 10.0. The summed E-state index contributed by atoms with van der Waals surface area (Å²) in [5.41, 5.74) is 12.4. The van der Waals surface area contributed by atoms with Crippen molar-refractivity contribution in [1.29, 1.82) is 5.26 Å². The zero-order valence-corrected chi connectivity index (χ0v) is 13.2. The second-order valence-electron chi connectivity index (χ2n) is 5.36. The molecular weight excluding hydrogens is 306 g/mol. The fraction of sp³-hybridized carbons (Fsp3) is 0.222. The number of carboxylic acid groups (broad SMARTS) is 1. The Kier molecular flexibility index (Phi) is 5.63. The Morgan fingerprint density at radius 3 is 2.54 bits per heavy atom. The Morgan fingerprint density at radius 1 is 1.12 bits per heavy atom. The van der Waals surface area contributed by atoms with Crippen LogP contribution in [0.2, 0.25) is 0 Å². The molecule has 0 aliphatic carbocycles. The molecule has 0 radical (unpaired) electrons. The minimum atomic E-state index is -0.790. The number of rotatable bonds is 7. The molecule has 0 saturated heterocycles. The van der Waals surface area contributed by atoms with E-state index in [0.717, 1.165) is 16.5 Å². The Hall–Kier alpha value is -3.20. The molecule has 2 rings (SSSR count). The fourth-order valence-corrected chi connectivity index (χ4v) is 2.27. The Balaban J connectivity index is 2.07. The SMILES string of the molecule is N#C/C(N)=C(/N)c1ccc2cc(OCCCCC(=O)O)ccc2c1. The molecule has 5 N–H and O–H groups in total. The van der Waals surface area contributed by atoms with Crippen LogP contribution in [-0.2, 0) is 4.79 Å². The molecule has 0 fully saturated rings. The number of hydrogen-bond acceptors (Lipinski definition) is 5. The first-order valence-corrected chi connectivity index (χ1v) is 7.55. The first-order valence-electron chi connectivity index (χ1n) is 7.55. The number of nitrogens with zero attached hydrogens (tertiary/aromatic N) is 1. The summed E-state index contributed by atoms with van der Waals surface area (Å²) in [6.07, 6.45) is 1.45. The summed E-state index contributed by atoms with van der Waals surface area (Å²) in [6.45, 7) is 0.477. The van der Waals surface area contributed by atoms with Crippen LogP contribution in [0.15, 0.2) is 42.1 Å². The van der Waals surface area contributed by atoms with E-state index in [4.69, 9.17) is 26.6 Å². The van der Waals surface area contributed by atoms with Crippen LogP contribution in [0.4, 0.5) is 0 Å². The van der Waals surface area contributed by atoms with E-state index in [2.05, 4.69) is 0 Å². The highest BCUT2D eigenvalue weighted by Crippen LogP contribution is 2.24. The van der Waals surface area contributed by atoms with Crippen molar-refractivity contribution in [2.45, 2.75) is 19.3 Å². The minimum Gasteiger partial charge on any atom is -0.494 e. The largest absolute Gasteiger partial charge is 0.494 e. The molecule has 0 aliphatic rings. The number of unbranched alkanes of at least 4 members (excludes halogenated alkanes) is 1. The van der Waals surface area contributed by atoms with E-state index in [1.807, 2.05) is 36.4 Å². The van der Waals surface area contributed by atoms with Gasteiger partial charge >= 0.3 is 5.97 Å². The number of benzene rings is 2. The molecule has 24 heavy (non-hydrogen) atoms. The van der Waals surface area contributed by atoms with Crippen LogP contribution in [0.5, 0.6) is 5.75 Å². The van der Waals surface area contributed by atoms with Gasteiger partial charge in [-0.05, 0) is 41.8 Å². The number of carbonyl (C=O) groups is 1. The van der Waals surface area contributed by atoms with E-state index >= 15 is 0 Å². The molecule has 124 valence electrons. The molecule has 6 nitrogen and oxygen atoms in total. The van der Waals surface area contributed by atoms with Gasteiger partial charge in [0, 0.05) is 12.0 Å². The van der Waals surface area contributed by atoms with E-state index in [9.17, 15) is 4.79 Å². The highest BCUT2D eigenvalue weighted by Gasteiger charge is 2.05. The summed E-state index contributed by atoms with van der Waals surface area (Å²) < 4.78 is 5.64. The van der Waals surface area contributed by atoms with Crippen molar-refractivity contribution in [3.05, 3.63) is 47.7 Å². The summed E-state index contributed by atoms with van der Waals surface area (Å²) in [6, 6.07) is 13.1. The molecular formula is C18H19N3O3. The summed E-state index contributed by atoms with van der Waals surface area (Å²) >= 11 is 0. The number of hydrogen-bond donors (Lipinski definition) is 3. The maximum atomic E-state index is 10.4. The van der Waals surface area contributed by atoms with Crippen molar-refractivity contribution < 1.29 is 14.6 Å². The van der Waals surface area contributed by atoms with Crippen molar-refractivity contribution in [3.63, 3.8) is 0 Å². The summed E-state index contributed by atoms with van der Waals surface area (Å²) in [4.78, 5) is 10.4. The van der Waals surface area contributed by atoms with Crippen LogP contribution in [-0.4, -0.2) is 17.7 Å². The summed E-state index contributed by atoms with van der Waals surface area (Å²) in [5.74, 6) is -0.0625. The Labute approximate surface area is 139 Å². The third-order valence-corrected chi connectivity index (χ3v) is 3.59. The zero-order chi connectivity index (χ0) is 17.5. The molecule has 0 heterocycles. The van der Waals surface area contributed by atoms with Gasteiger partial charge in [-0.2, -0.15) is 5.26 Å². The number of fused-ring (bicyclic) bond motifs is 1. The van der Waals surface area contributed by atoms with Gasteiger partial charge < -0.3 is 21.3 Å². The lowest BCUT2D eigenvalue weighted by Crippen LogP contribution is -2.06. The van der Waals surface area contributed by atoms with E-state index in [1.54, 1.807) is 6.07 Å². The Morgan fingerprint density at radius 2 is 1.83 bits per heavy atom. The van der Waals surface area contributed by atoms with Gasteiger partial charge in [-0.3, -0.25) is 4.79 Å². The molecule has 0 aliphatic heterocycles. The Bertz CT molecular complexity index is 822. The fourth-order valence-electron chi connectivity index (χ4n) is 2.27. The molecule has 0 bridgehead atoms. The van der Waals surface area contributed by atoms with Crippen LogP contribution in [0, 0.1) is 11.3 Å². The van der Waals surface area contributed by atoms with Crippen LogP contribution in [0.3, 0.4) is 0 Å². The topological polar surface area (TPSA) is 122 Å². The third kappa shape index (κ3) is 4.40. The van der Waals surface area contributed by atoms with Gasteiger partial charge in [-0.15, -0.1) is 0 Å². The second-order valence-corrected chi connectivity index (χ2v) is 5.36. The lowest BCUT2D eigenvalue weighted by Gasteiger charge is -2.09. The van der Waals surface area contributed by atoms with E-state index in [1.165, 1.54) is 0 Å². The number of carboxylic acids is 1. The maximum Gasteiger partial charge on any atom is 0.303 e. The summed E-state index contributed by atoms with van der Waals surface area (Å²) in [5, 5.41) is 19.3. The zero-order valence-electron chi connectivity index (χ0n) is 13.2. The first kappa shape index (κ1) is 17.2. The van der Waals surface area contributed by atoms with Crippen LogP contribution >= 0.6 is 0 Å². The molecule has 0 atom stereocenters. The number of nitriles is 1. The number of aliphatic carboxylic acids is 1. The number of allylic oxidation sites excluding steroid dienone is 1. The van der Waals surface area contributed by atoms with Crippen LogP contribution in [0.25, 0.3) is 16.5 Å². The van der Waals surface area contributed by atoms with E-state index < -0.39 is 5.97 Å². The molecule has 6 heteroatoms. The van der Waals surface area contributed by atoms with Crippen molar-refractivity contribution in [2.75, 3.05) is 6.61 Å². The van der Waals surface area contributed by atoms with Gasteiger partial charge in [0.05, 0.1) is 12.3 Å². The molecule has 2 aromatic carbocycles. The van der Waals surface area contributed by atoms with Gasteiger partial charge in [-0.25, -0.2) is 0 Å². The van der Waals surface area contributed by atoms with Gasteiger partial charge in [0.2, 0.25) is 0 Å². The lowest BCUT2D eigenvalue weighted by molar-refractivity contribution is -0.137. The molecule has 0 amide bonds. The second kappa shape index (κ2) is 7.88. The monoisotopic (exact) mass is 325 g/mol. The molecule has 0 unspecified atom stereocenters. The van der Waals surface area contributed by atoms with Crippen molar-refractivity contribution in [3.8, 4) is 11.8 Å². The maximum absolute atomic E-state index is 10.4. The minimum absolute atomic E-state index is 0.00401. The molecule has 0 spiro atoms. The predicted molar refractivity (Wildman–Crippen MR) is 91.8 cm³/mol. The first-order chi connectivity index (χ1) is 11.5.